The highest BCUT2D eigenvalue weighted by atomic mass is 16.5. The highest BCUT2D eigenvalue weighted by Gasteiger charge is 2.03. The summed E-state index contributed by atoms with van der Waals surface area (Å²) in [6, 6.07) is 8.04. The molecule has 0 bridgehead atoms. The lowest BCUT2D eigenvalue weighted by molar-refractivity contribution is 0.414. The first-order valence-corrected chi connectivity index (χ1v) is 4.67. The van der Waals surface area contributed by atoms with Crippen molar-refractivity contribution < 1.29 is 4.74 Å². The van der Waals surface area contributed by atoms with Gasteiger partial charge in [0.25, 0.3) is 5.56 Å². The molecule has 0 fully saturated rings. The van der Waals surface area contributed by atoms with Crippen LogP contribution in [0.15, 0.2) is 46.1 Å². The monoisotopic (exact) mass is 218 g/mol. The van der Waals surface area contributed by atoms with Crippen LogP contribution in [0.25, 0.3) is 5.69 Å². The predicted molar refractivity (Wildman–Crippen MR) is 59.2 cm³/mol. The van der Waals surface area contributed by atoms with E-state index in [-0.39, 0.29) is 5.56 Å². The molecule has 0 aliphatic heterocycles. The van der Waals surface area contributed by atoms with Crippen molar-refractivity contribution in [2.45, 2.75) is 0 Å². The smallest absolute Gasteiger partial charge is 0.332 e. The summed E-state index contributed by atoms with van der Waals surface area (Å²) in [5.41, 5.74) is -0.371. The fraction of sp³-hybridized carbons (Fsp3) is 0.0909. The Morgan fingerprint density at radius 3 is 2.75 bits per heavy atom. The SMILES string of the molecule is COc1cccc(-n2c(=O)cc[nH]c2=O)c1. The molecule has 5 heteroatoms. The quantitative estimate of drug-likeness (QED) is 0.799. The molecule has 0 atom stereocenters. The first-order valence-electron chi connectivity index (χ1n) is 4.67. The van der Waals surface area contributed by atoms with Gasteiger partial charge in [0.15, 0.2) is 0 Å². The van der Waals surface area contributed by atoms with E-state index in [0.717, 1.165) is 4.57 Å². The third-order valence-electron chi connectivity index (χ3n) is 2.17. The molecule has 0 aliphatic rings. The maximum Gasteiger partial charge on any atom is 0.332 e. The lowest BCUT2D eigenvalue weighted by atomic mass is 10.3. The van der Waals surface area contributed by atoms with Gasteiger partial charge in [-0.2, -0.15) is 0 Å². The number of hydrogen-bond acceptors (Lipinski definition) is 3. The van der Waals surface area contributed by atoms with Gasteiger partial charge in [0.05, 0.1) is 12.8 Å². The maximum atomic E-state index is 11.5. The lowest BCUT2D eigenvalue weighted by Crippen LogP contribution is -2.32. The molecular weight excluding hydrogens is 208 g/mol. The molecule has 82 valence electrons. The number of methoxy groups -OCH3 is 1. The van der Waals surface area contributed by atoms with Gasteiger partial charge in [-0.1, -0.05) is 6.07 Å². The molecule has 0 aliphatic carbocycles. The van der Waals surface area contributed by atoms with Crippen LogP contribution in [-0.2, 0) is 0 Å². The van der Waals surface area contributed by atoms with E-state index < -0.39 is 5.69 Å². The van der Waals surface area contributed by atoms with Crippen LogP contribution < -0.4 is 16.0 Å². The molecule has 0 amide bonds. The van der Waals surface area contributed by atoms with Gasteiger partial charge in [-0.15, -0.1) is 0 Å². The molecular formula is C11H10N2O3. The van der Waals surface area contributed by atoms with Gasteiger partial charge in [0.2, 0.25) is 0 Å². The second-order valence-electron chi connectivity index (χ2n) is 3.16. The van der Waals surface area contributed by atoms with Gasteiger partial charge in [-0.3, -0.25) is 4.79 Å². The van der Waals surface area contributed by atoms with Gasteiger partial charge in [0, 0.05) is 18.3 Å². The second-order valence-corrected chi connectivity index (χ2v) is 3.16. The minimum Gasteiger partial charge on any atom is -0.497 e. The fourth-order valence-corrected chi connectivity index (χ4v) is 1.42. The van der Waals surface area contributed by atoms with Crippen LogP contribution in [-0.4, -0.2) is 16.7 Å². The first-order chi connectivity index (χ1) is 7.72. The Hall–Kier alpha value is -2.30. The largest absolute Gasteiger partial charge is 0.497 e. The van der Waals surface area contributed by atoms with Crippen LogP contribution >= 0.6 is 0 Å². The van der Waals surface area contributed by atoms with Crippen molar-refractivity contribution in [3.63, 3.8) is 0 Å². The number of benzene rings is 1. The number of aromatic amines is 1. The number of nitrogens with zero attached hydrogens (tertiary/aromatic N) is 1. The van der Waals surface area contributed by atoms with Crippen molar-refractivity contribution in [3.05, 3.63) is 57.4 Å². The van der Waals surface area contributed by atoms with Crippen molar-refractivity contribution >= 4 is 0 Å². The third kappa shape index (κ3) is 1.75. The molecule has 0 radical (unpaired) electrons. The normalized spacial score (nSPS) is 10.1. The van der Waals surface area contributed by atoms with Gasteiger partial charge in [0.1, 0.15) is 5.75 Å². The Balaban J connectivity index is 2.68. The summed E-state index contributed by atoms with van der Waals surface area (Å²) in [5.74, 6) is 0.590. The molecule has 1 N–H and O–H groups in total. The van der Waals surface area contributed by atoms with Crippen LogP contribution in [0, 0.1) is 0 Å². The van der Waals surface area contributed by atoms with Gasteiger partial charge in [-0.25, -0.2) is 9.36 Å². The summed E-state index contributed by atoms with van der Waals surface area (Å²) >= 11 is 0. The summed E-state index contributed by atoms with van der Waals surface area (Å²) < 4.78 is 6.07. The fourth-order valence-electron chi connectivity index (χ4n) is 1.42. The van der Waals surface area contributed by atoms with E-state index in [9.17, 15) is 9.59 Å². The molecule has 1 aromatic heterocycles. The molecule has 2 aromatic rings. The first kappa shape index (κ1) is 10.2. The number of H-pyrrole nitrogens is 1. The Morgan fingerprint density at radius 2 is 2.06 bits per heavy atom. The van der Waals surface area contributed by atoms with Crippen LogP contribution in [0.2, 0.25) is 0 Å². The molecule has 0 unspecified atom stereocenters. The zero-order valence-corrected chi connectivity index (χ0v) is 8.64. The number of nitrogens with one attached hydrogen (secondary N) is 1. The van der Waals surface area contributed by atoms with Crippen molar-refractivity contribution in [1.82, 2.24) is 9.55 Å². The molecule has 16 heavy (non-hydrogen) atoms. The topological polar surface area (TPSA) is 64.1 Å². The summed E-state index contributed by atoms with van der Waals surface area (Å²) in [5, 5.41) is 0. The van der Waals surface area contributed by atoms with E-state index in [1.165, 1.54) is 19.4 Å². The third-order valence-corrected chi connectivity index (χ3v) is 2.17. The Labute approximate surface area is 90.9 Å². The standard InChI is InChI=1S/C11H10N2O3/c1-16-9-4-2-3-8(7-9)13-10(14)5-6-12-11(13)15/h2-7H,1H3,(H,12,15). The Morgan fingerprint density at radius 1 is 1.25 bits per heavy atom. The summed E-state index contributed by atoms with van der Waals surface area (Å²) in [6.07, 6.45) is 1.32. The highest BCUT2D eigenvalue weighted by Crippen LogP contribution is 2.13. The average Bonchev–Trinajstić information content (AvgIpc) is 2.29. The number of rotatable bonds is 2. The second kappa shape index (κ2) is 4.06. The zero-order valence-electron chi connectivity index (χ0n) is 8.64. The van der Waals surface area contributed by atoms with Crippen LogP contribution in [0.1, 0.15) is 0 Å². The van der Waals surface area contributed by atoms with E-state index in [4.69, 9.17) is 4.74 Å². The molecule has 1 aromatic carbocycles. The molecule has 0 saturated carbocycles. The molecule has 1 heterocycles. The number of ether oxygens (including phenoxy) is 1. The van der Waals surface area contributed by atoms with Gasteiger partial charge >= 0.3 is 5.69 Å². The van der Waals surface area contributed by atoms with Crippen LogP contribution in [0.3, 0.4) is 0 Å². The van der Waals surface area contributed by atoms with E-state index in [1.807, 2.05) is 0 Å². The molecule has 5 nitrogen and oxygen atoms in total. The van der Waals surface area contributed by atoms with Crippen molar-refractivity contribution in [3.8, 4) is 11.4 Å². The van der Waals surface area contributed by atoms with E-state index in [2.05, 4.69) is 4.98 Å². The van der Waals surface area contributed by atoms with E-state index >= 15 is 0 Å². The summed E-state index contributed by atoms with van der Waals surface area (Å²) in [7, 11) is 1.52. The van der Waals surface area contributed by atoms with Crippen molar-refractivity contribution in [2.24, 2.45) is 0 Å². The van der Waals surface area contributed by atoms with Crippen LogP contribution in [0.5, 0.6) is 5.75 Å². The van der Waals surface area contributed by atoms with Crippen molar-refractivity contribution in [2.75, 3.05) is 7.11 Å². The minimum absolute atomic E-state index is 0.378. The number of hydrogen-bond donors (Lipinski definition) is 1. The summed E-state index contributed by atoms with van der Waals surface area (Å²) in [4.78, 5) is 25.5. The molecule has 2 rings (SSSR count). The maximum absolute atomic E-state index is 11.5. The van der Waals surface area contributed by atoms with Crippen molar-refractivity contribution in [1.29, 1.82) is 0 Å². The molecule has 0 spiro atoms. The summed E-state index contributed by atoms with van der Waals surface area (Å²) in [6.45, 7) is 0. The average molecular weight is 218 g/mol. The van der Waals surface area contributed by atoms with Gasteiger partial charge < -0.3 is 9.72 Å². The highest BCUT2D eigenvalue weighted by molar-refractivity contribution is 5.38. The zero-order chi connectivity index (χ0) is 11.5. The Bertz CT molecular complexity index is 585. The van der Waals surface area contributed by atoms with Gasteiger partial charge in [-0.05, 0) is 12.1 Å². The van der Waals surface area contributed by atoms with Crippen LogP contribution in [0.4, 0.5) is 0 Å². The minimum atomic E-state index is -0.472. The lowest BCUT2D eigenvalue weighted by Gasteiger charge is -2.05. The number of aromatic nitrogens is 2. The Kier molecular flexibility index (Phi) is 2.59. The van der Waals surface area contributed by atoms with E-state index in [1.54, 1.807) is 24.3 Å². The van der Waals surface area contributed by atoms with E-state index in [0.29, 0.717) is 11.4 Å². The molecule has 0 saturated heterocycles. The predicted octanol–water partition coefficient (Wildman–Crippen LogP) is 0.534.